The Balaban J connectivity index is 1.76. The Kier molecular flexibility index (Phi) is 7.01. The number of hydrogen-bond donors (Lipinski definition) is 1. The number of nitrogens with zero attached hydrogens (tertiary/aromatic N) is 2. The minimum atomic E-state index is -0.978. The Bertz CT molecular complexity index is 990. The van der Waals surface area contributed by atoms with Gasteiger partial charge in [-0.3, -0.25) is 14.5 Å². The van der Waals surface area contributed by atoms with Gasteiger partial charge in [-0.2, -0.15) is 0 Å². The Hall–Kier alpha value is -2.70. The number of carboxylic acid groups (broad SMARTS) is 1. The summed E-state index contributed by atoms with van der Waals surface area (Å²) < 4.78 is 0. The first-order valence-corrected chi connectivity index (χ1v) is 10.5. The molecule has 0 aliphatic heterocycles. The topological polar surface area (TPSA) is 70.5 Å². The maximum absolute atomic E-state index is 12.9. The number of thiazole rings is 1. The van der Waals surface area contributed by atoms with Crippen LogP contribution in [0.2, 0.25) is 5.02 Å². The molecule has 3 aromatic rings. The number of aliphatic carboxylic acids is 1. The summed E-state index contributed by atoms with van der Waals surface area (Å²) in [4.78, 5) is 30.7. The molecule has 0 radical (unpaired) electrons. The molecule has 0 saturated heterocycles. The van der Waals surface area contributed by atoms with Crippen LogP contribution in [0.1, 0.15) is 18.9 Å². The van der Waals surface area contributed by atoms with Crippen LogP contribution in [-0.4, -0.2) is 28.5 Å². The van der Waals surface area contributed by atoms with Crippen LogP contribution in [0.25, 0.3) is 11.3 Å². The van der Waals surface area contributed by atoms with E-state index < -0.39 is 11.9 Å². The summed E-state index contributed by atoms with van der Waals surface area (Å²) in [5, 5.41) is 12.6. The van der Waals surface area contributed by atoms with Crippen molar-refractivity contribution >= 4 is 39.9 Å². The molecule has 0 saturated carbocycles. The van der Waals surface area contributed by atoms with E-state index in [4.69, 9.17) is 11.6 Å². The minimum absolute atomic E-state index is 0.0843. The fraction of sp³-hybridized carbons (Fsp3) is 0.227. The van der Waals surface area contributed by atoms with E-state index in [1.54, 1.807) is 6.07 Å². The van der Waals surface area contributed by atoms with Crippen LogP contribution in [-0.2, 0) is 16.0 Å². The van der Waals surface area contributed by atoms with Crippen molar-refractivity contribution < 1.29 is 14.7 Å². The summed E-state index contributed by atoms with van der Waals surface area (Å²) >= 11 is 7.59. The first kappa shape index (κ1) is 21.0. The van der Waals surface area contributed by atoms with Gasteiger partial charge < -0.3 is 5.11 Å². The molecule has 1 N–H and O–H groups in total. The SMILES string of the molecule is CCN(C(=O)CC(Cc1ccccc1)C(=O)O)c1nc(-c2ccccc2Cl)cs1. The van der Waals surface area contributed by atoms with E-state index in [1.807, 2.05) is 60.8 Å². The zero-order valence-electron chi connectivity index (χ0n) is 15.9. The highest BCUT2D eigenvalue weighted by molar-refractivity contribution is 7.14. The second kappa shape index (κ2) is 9.67. The van der Waals surface area contributed by atoms with Gasteiger partial charge in [-0.05, 0) is 25.0 Å². The summed E-state index contributed by atoms with van der Waals surface area (Å²) in [6.45, 7) is 2.26. The van der Waals surface area contributed by atoms with Crippen molar-refractivity contribution in [3.05, 3.63) is 70.6 Å². The quantitative estimate of drug-likeness (QED) is 0.538. The number of carboxylic acids is 1. The number of anilines is 1. The predicted molar refractivity (Wildman–Crippen MR) is 116 cm³/mol. The monoisotopic (exact) mass is 428 g/mol. The average Bonchev–Trinajstić information content (AvgIpc) is 3.18. The average molecular weight is 429 g/mol. The van der Waals surface area contributed by atoms with Gasteiger partial charge in [0.2, 0.25) is 5.91 Å². The van der Waals surface area contributed by atoms with Gasteiger partial charge in [0.1, 0.15) is 0 Å². The van der Waals surface area contributed by atoms with E-state index in [0.29, 0.717) is 28.8 Å². The minimum Gasteiger partial charge on any atom is -0.481 e. The second-order valence-corrected chi connectivity index (χ2v) is 7.81. The van der Waals surface area contributed by atoms with Crippen LogP contribution in [0.15, 0.2) is 60.0 Å². The first-order valence-electron chi connectivity index (χ1n) is 9.27. The summed E-state index contributed by atoms with van der Waals surface area (Å²) in [5.41, 5.74) is 2.39. The van der Waals surface area contributed by atoms with E-state index >= 15 is 0 Å². The molecule has 150 valence electrons. The fourth-order valence-corrected chi connectivity index (χ4v) is 4.20. The Labute approximate surface area is 178 Å². The predicted octanol–water partition coefficient (Wildman–Crippen LogP) is 5.15. The molecule has 0 spiro atoms. The van der Waals surface area contributed by atoms with Gasteiger partial charge >= 0.3 is 5.97 Å². The van der Waals surface area contributed by atoms with Crippen LogP contribution in [0.5, 0.6) is 0 Å². The van der Waals surface area contributed by atoms with Crippen LogP contribution in [0.3, 0.4) is 0 Å². The molecule has 1 unspecified atom stereocenters. The van der Waals surface area contributed by atoms with Crippen molar-refractivity contribution in [1.82, 2.24) is 4.98 Å². The van der Waals surface area contributed by atoms with Crippen molar-refractivity contribution in [3.63, 3.8) is 0 Å². The lowest BCUT2D eigenvalue weighted by atomic mass is 9.96. The molecule has 1 amide bonds. The summed E-state index contributed by atoms with van der Waals surface area (Å²) in [6, 6.07) is 16.7. The molecule has 2 aromatic carbocycles. The van der Waals surface area contributed by atoms with E-state index in [2.05, 4.69) is 4.98 Å². The van der Waals surface area contributed by atoms with Gasteiger partial charge in [0.15, 0.2) is 5.13 Å². The Morgan fingerprint density at radius 3 is 2.48 bits per heavy atom. The van der Waals surface area contributed by atoms with Gasteiger partial charge in [0.05, 0.1) is 11.6 Å². The third-order valence-corrected chi connectivity index (χ3v) is 5.78. The molecular weight excluding hydrogens is 408 g/mol. The van der Waals surface area contributed by atoms with Crippen LogP contribution < -0.4 is 4.90 Å². The lowest BCUT2D eigenvalue weighted by molar-refractivity contribution is -0.143. The number of aromatic nitrogens is 1. The van der Waals surface area contributed by atoms with E-state index in [-0.39, 0.29) is 12.3 Å². The van der Waals surface area contributed by atoms with Crippen molar-refractivity contribution in [2.24, 2.45) is 5.92 Å². The molecular formula is C22H21ClN2O3S. The lowest BCUT2D eigenvalue weighted by Gasteiger charge is -2.20. The first-order chi connectivity index (χ1) is 14.0. The van der Waals surface area contributed by atoms with E-state index in [1.165, 1.54) is 16.2 Å². The van der Waals surface area contributed by atoms with Crippen molar-refractivity contribution in [3.8, 4) is 11.3 Å². The highest BCUT2D eigenvalue weighted by Gasteiger charge is 2.26. The third-order valence-electron chi connectivity index (χ3n) is 4.59. The maximum Gasteiger partial charge on any atom is 0.307 e. The van der Waals surface area contributed by atoms with Crippen LogP contribution in [0, 0.1) is 5.92 Å². The summed E-state index contributed by atoms with van der Waals surface area (Å²) in [6.07, 6.45) is 0.223. The van der Waals surface area contributed by atoms with Crippen LogP contribution in [0.4, 0.5) is 5.13 Å². The summed E-state index contributed by atoms with van der Waals surface area (Å²) in [5.74, 6) is -2.02. The molecule has 0 fully saturated rings. The zero-order valence-corrected chi connectivity index (χ0v) is 17.5. The number of carbonyl (C=O) groups is 2. The second-order valence-electron chi connectivity index (χ2n) is 6.56. The standard InChI is InChI=1S/C22H21ClN2O3S/c1-2-25(22-24-19(14-29-22)17-10-6-7-11-18(17)23)20(26)13-16(21(27)28)12-15-8-4-3-5-9-15/h3-11,14,16H,2,12-13H2,1H3,(H,27,28). The zero-order chi connectivity index (χ0) is 20.8. The van der Waals surface area contributed by atoms with Gasteiger partial charge in [-0.1, -0.05) is 60.1 Å². The number of benzene rings is 2. The number of halogens is 1. The van der Waals surface area contributed by atoms with Gasteiger partial charge in [0.25, 0.3) is 0 Å². The van der Waals surface area contributed by atoms with Crippen LogP contribution >= 0.6 is 22.9 Å². The number of amides is 1. The molecule has 0 aliphatic carbocycles. The molecule has 1 atom stereocenters. The van der Waals surface area contributed by atoms with Gasteiger partial charge in [0, 0.05) is 28.9 Å². The largest absolute Gasteiger partial charge is 0.481 e. The number of rotatable bonds is 8. The normalized spacial score (nSPS) is 11.8. The molecule has 7 heteroatoms. The van der Waals surface area contributed by atoms with Crippen molar-refractivity contribution in [2.45, 2.75) is 19.8 Å². The molecule has 5 nitrogen and oxygen atoms in total. The number of carbonyl (C=O) groups excluding carboxylic acids is 1. The Morgan fingerprint density at radius 1 is 1.14 bits per heavy atom. The molecule has 0 aliphatic rings. The Morgan fingerprint density at radius 2 is 1.83 bits per heavy atom. The van der Waals surface area contributed by atoms with Gasteiger partial charge in [-0.25, -0.2) is 4.98 Å². The molecule has 0 bridgehead atoms. The highest BCUT2D eigenvalue weighted by Crippen LogP contribution is 2.32. The number of hydrogen-bond acceptors (Lipinski definition) is 4. The molecule has 29 heavy (non-hydrogen) atoms. The van der Waals surface area contributed by atoms with Gasteiger partial charge in [-0.15, -0.1) is 11.3 Å². The fourth-order valence-electron chi connectivity index (χ4n) is 3.07. The maximum atomic E-state index is 12.9. The van der Waals surface area contributed by atoms with Crippen molar-refractivity contribution in [1.29, 1.82) is 0 Å². The lowest BCUT2D eigenvalue weighted by Crippen LogP contribution is -2.34. The highest BCUT2D eigenvalue weighted by atomic mass is 35.5. The molecule has 3 rings (SSSR count). The van der Waals surface area contributed by atoms with E-state index in [0.717, 1.165) is 11.1 Å². The molecule has 1 heterocycles. The summed E-state index contributed by atoms with van der Waals surface area (Å²) in [7, 11) is 0. The van der Waals surface area contributed by atoms with Crippen molar-refractivity contribution in [2.75, 3.05) is 11.4 Å². The third kappa shape index (κ3) is 5.22. The van der Waals surface area contributed by atoms with E-state index in [9.17, 15) is 14.7 Å². The smallest absolute Gasteiger partial charge is 0.307 e. The molecule has 1 aromatic heterocycles.